The van der Waals surface area contributed by atoms with Crippen molar-refractivity contribution >= 4 is 17.3 Å². The Morgan fingerprint density at radius 1 is 0.957 bits per heavy atom. The Morgan fingerprint density at radius 3 is 2.26 bits per heavy atom. The molecule has 8 heteroatoms. The number of nitrogens with two attached hydrogens (primary N) is 1. The maximum Gasteiger partial charge on any atom is 0.159 e. The summed E-state index contributed by atoms with van der Waals surface area (Å²) in [5, 5.41) is 4.79. The number of hydrogen-bond donors (Lipinski definition) is 1. The molecular formula is C15H22N6O2. The maximum absolute atomic E-state index is 5.83. The summed E-state index contributed by atoms with van der Waals surface area (Å²) >= 11 is 0. The minimum atomic E-state index is 0.423. The van der Waals surface area contributed by atoms with E-state index in [1.807, 2.05) is 16.6 Å². The third-order valence-corrected chi connectivity index (χ3v) is 4.33. The third kappa shape index (κ3) is 2.85. The Hall–Kier alpha value is -1.90. The Labute approximate surface area is 134 Å². The molecule has 2 fully saturated rings. The molecule has 0 saturated carbocycles. The molecule has 4 heterocycles. The minimum absolute atomic E-state index is 0.423. The molecule has 0 amide bonds. The molecule has 2 aromatic rings. The first-order valence-electron chi connectivity index (χ1n) is 8.10. The van der Waals surface area contributed by atoms with Crippen LogP contribution in [0.25, 0.3) is 5.65 Å². The molecule has 0 unspecified atom stereocenters. The third-order valence-electron chi connectivity index (χ3n) is 4.33. The van der Waals surface area contributed by atoms with Crippen LogP contribution in [0.3, 0.4) is 0 Å². The maximum atomic E-state index is 5.83. The van der Waals surface area contributed by atoms with Crippen molar-refractivity contribution in [1.29, 1.82) is 0 Å². The highest BCUT2D eigenvalue weighted by atomic mass is 16.5. The van der Waals surface area contributed by atoms with Crippen molar-refractivity contribution in [3.63, 3.8) is 0 Å². The zero-order valence-corrected chi connectivity index (χ0v) is 13.1. The smallest absolute Gasteiger partial charge is 0.159 e. The van der Waals surface area contributed by atoms with E-state index in [0.29, 0.717) is 6.54 Å². The summed E-state index contributed by atoms with van der Waals surface area (Å²) < 4.78 is 12.8. The fourth-order valence-corrected chi connectivity index (χ4v) is 3.07. The molecule has 4 rings (SSSR count). The molecule has 0 aromatic carbocycles. The Bertz CT molecular complexity index is 676. The molecule has 124 valence electrons. The van der Waals surface area contributed by atoms with Gasteiger partial charge in [-0.1, -0.05) is 0 Å². The van der Waals surface area contributed by atoms with Gasteiger partial charge in [-0.3, -0.25) is 0 Å². The van der Waals surface area contributed by atoms with Crippen molar-refractivity contribution < 1.29 is 9.47 Å². The van der Waals surface area contributed by atoms with Crippen LogP contribution in [-0.4, -0.2) is 67.2 Å². The van der Waals surface area contributed by atoms with E-state index in [2.05, 4.69) is 14.8 Å². The first-order valence-corrected chi connectivity index (χ1v) is 8.10. The Kier molecular flexibility index (Phi) is 4.02. The number of fused-ring (bicyclic) bond motifs is 1. The lowest BCUT2D eigenvalue weighted by molar-refractivity contribution is 0.122. The molecule has 2 aliphatic rings. The van der Waals surface area contributed by atoms with E-state index in [-0.39, 0.29) is 0 Å². The van der Waals surface area contributed by atoms with Crippen LogP contribution in [-0.2, 0) is 16.0 Å². The van der Waals surface area contributed by atoms with Gasteiger partial charge in [0.1, 0.15) is 5.82 Å². The summed E-state index contributed by atoms with van der Waals surface area (Å²) in [6, 6.07) is 4.07. The second-order valence-corrected chi connectivity index (χ2v) is 5.78. The summed E-state index contributed by atoms with van der Waals surface area (Å²) in [5.74, 6) is 1.99. The van der Waals surface area contributed by atoms with Crippen LogP contribution < -0.4 is 15.5 Å². The van der Waals surface area contributed by atoms with Gasteiger partial charge >= 0.3 is 0 Å². The Morgan fingerprint density at radius 2 is 1.61 bits per heavy atom. The summed E-state index contributed by atoms with van der Waals surface area (Å²) in [7, 11) is 0. The van der Waals surface area contributed by atoms with Gasteiger partial charge in [0.15, 0.2) is 11.5 Å². The van der Waals surface area contributed by atoms with Gasteiger partial charge in [-0.15, -0.1) is 5.10 Å². The van der Waals surface area contributed by atoms with Crippen LogP contribution in [0.2, 0.25) is 0 Å². The number of hydrogen-bond acceptors (Lipinski definition) is 7. The number of aromatic nitrogens is 3. The molecule has 2 aromatic heterocycles. The van der Waals surface area contributed by atoms with E-state index in [1.54, 1.807) is 0 Å². The van der Waals surface area contributed by atoms with Gasteiger partial charge in [0.2, 0.25) is 0 Å². The largest absolute Gasteiger partial charge is 0.378 e. The van der Waals surface area contributed by atoms with Crippen LogP contribution in [0, 0.1) is 0 Å². The van der Waals surface area contributed by atoms with E-state index in [0.717, 1.165) is 75.6 Å². The van der Waals surface area contributed by atoms with Gasteiger partial charge in [-0.2, -0.15) is 4.52 Å². The fourth-order valence-electron chi connectivity index (χ4n) is 3.07. The SMILES string of the molecule is NCc1cc(N2CCOCC2)n2nc(N3CCOCC3)cc2n1. The molecule has 23 heavy (non-hydrogen) atoms. The van der Waals surface area contributed by atoms with Crippen molar-refractivity contribution in [2.24, 2.45) is 5.73 Å². The zero-order chi connectivity index (χ0) is 15.6. The number of anilines is 2. The van der Waals surface area contributed by atoms with E-state index in [9.17, 15) is 0 Å². The van der Waals surface area contributed by atoms with Gasteiger partial charge in [0, 0.05) is 44.9 Å². The minimum Gasteiger partial charge on any atom is -0.378 e. The standard InChI is InChI=1S/C15H22N6O2/c16-11-12-9-15(20-3-7-23-8-4-20)21-13(17-12)10-14(18-21)19-1-5-22-6-2-19/h9-10H,1-8,11,16H2. The van der Waals surface area contributed by atoms with Crippen LogP contribution in [0.15, 0.2) is 12.1 Å². The molecule has 0 aliphatic carbocycles. The molecular weight excluding hydrogens is 296 g/mol. The van der Waals surface area contributed by atoms with Crippen LogP contribution in [0.5, 0.6) is 0 Å². The van der Waals surface area contributed by atoms with E-state index in [1.165, 1.54) is 0 Å². The van der Waals surface area contributed by atoms with Gasteiger partial charge in [-0.05, 0) is 0 Å². The first-order chi connectivity index (χ1) is 11.3. The lowest BCUT2D eigenvalue weighted by atomic mass is 10.3. The predicted octanol–water partition coefficient (Wildman–Crippen LogP) is -0.139. The van der Waals surface area contributed by atoms with Crippen molar-refractivity contribution in [2.75, 3.05) is 62.4 Å². The highest BCUT2D eigenvalue weighted by molar-refractivity contribution is 5.58. The van der Waals surface area contributed by atoms with Crippen molar-refractivity contribution in [3.05, 3.63) is 17.8 Å². The molecule has 0 bridgehead atoms. The molecule has 2 saturated heterocycles. The van der Waals surface area contributed by atoms with Gasteiger partial charge in [0.05, 0.1) is 32.1 Å². The summed E-state index contributed by atoms with van der Waals surface area (Å²) in [6.45, 7) is 6.81. The van der Waals surface area contributed by atoms with Gasteiger partial charge in [-0.25, -0.2) is 4.98 Å². The lowest BCUT2D eigenvalue weighted by Gasteiger charge is -2.29. The first kappa shape index (κ1) is 14.7. The van der Waals surface area contributed by atoms with Gasteiger partial charge in [0.25, 0.3) is 0 Å². The van der Waals surface area contributed by atoms with Crippen molar-refractivity contribution in [1.82, 2.24) is 14.6 Å². The zero-order valence-electron chi connectivity index (χ0n) is 13.1. The normalized spacial score (nSPS) is 19.5. The van der Waals surface area contributed by atoms with Crippen LogP contribution in [0.4, 0.5) is 11.6 Å². The van der Waals surface area contributed by atoms with E-state index in [4.69, 9.17) is 20.3 Å². The number of morpholine rings is 2. The molecule has 2 aliphatic heterocycles. The van der Waals surface area contributed by atoms with Crippen LogP contribution in [0.1, 0.15) is 5.69 Å². The van der Waals surface area contributed by atoms with Gasteiger partial charge < -0.3 is 25.0 Å². The summed E-state index contributed by atoms with van der Waals surface area (Å²) in [6.07, 6.45) is 0. The lowest BCUT2D eigenvalue weighted by Crippen LogP contribution is -2.38. The molecule has 0 atom stereocenters. The average molecular weight is 318 g/mol. The number of ether oxygens (including phenoxy) is 2. The molecule has 0 radical (unpaired) electrons. The number of nitrogens with zero attached hydrogens (tertiary/aromatic N) is 5. The fraction of sp³-hybridized carbons (Fsp3) is 0.600. The highest BCUT2D eigenvalue weighted by Crippen LogP contribution is 2.23. The average Bonchev–Trinajstić information content (AvgIpc) is 3.06. The quantitative estimate of drug-likeness (QED) is 0.843. The Balaban J connectivity index is 1.75. The second-order valence-electron chi connectivity index (χ2n) is 5.78. The molecule has 8 nitrogen and oxygen atoms in total. The highest BCUT2D eigenvalue weighted by Gasteiger charge is 2.20. The second kappa shape index (κ2) is 6.31. The molecule has 2 N–H and O–H groups in total. The van der Waals surface area contributed by atoms with E-state index >= 15 is 0 Å². The van der Waals surface area contributed by atoms with E-state index < -0.39 is 0 Å². The van der Waals surface area contributed by atoms with Crippen molar-refractivity contribution in [2.45, 2.75) is 6.54 Å². The molecule has 0 spiro atoms. The summed E-state index contributed by atoms with van der Waals surface area (Å²) in [5.41, 5.74) is 7.55. The van der Waals surface area contributed by atoms with Crippen LogP contribution >= 0.6 is 0 Å². The topological polar surface area (TPSA) is 81.1 Å². The van der Waals surface area contributed by atoms with Crippen molar-refractivity contribution in [3.8, 4) is 0 Å². The summed E-state index contributed by atoms with van der Waals surface area (Å²) in [4.78, 5) is 9.15. The number of rotatable bonds is 3. The monoisotopic (exact) mass is 318 g/mol. The predicted molar refractivity (Wildman–Crippen MR) is 86.9 cm³/mol.